The minimum absolute atomic E-state index is 0.170. The fraction of sp³-hybridized carbons (Fsp3) is 0.444. The number of hydrogen-bond acceptors (Lipinski definition) is 6. The Labute approximate surface area is 158 Å². The van der Waals surface area contributed by atoms with Crippen molar-refractivity contribution in [1.29, 1.82) is 0 Å². The lowest BCUT2D eigenvalue weighted by molar-refractivity contribution is -0.129. The SMILES string of the molecule is Cc1nn(C)c(C)c1CN(Cc1ccc2c(c1)OCO2)C(=O)CS(C)(=O)=O. The Bertz CT molecular complexity index is 981. The highest BCUT2D eigenvalue weighted by Crippen LogP contribution is 2.33. The van der Waals surface area contributed by atoms with Crippen molar-refractivity contribution in [1.82, 2.24) is 14.7 Å². The van der Waals surface area contributed by atoms with E-state index in [0.717, 1.165) is 28.8 Å². The molecule has 1 aliphatic heterocycles. The average Bonchev–Trinajstić information content (AvgIpc) is 3.11. The van der Waals surface area contributed by atoms with Crippen LogP contribution in [0.5, 0.6) is 11.5 Å². The van der Waals surface area contributed by atoms with Gasteiger partial charge in [0.05, 0.1) is 5.69 Å². The molecule has 0 atom stereocenters. The first kappa shape index (κ1) is 19.2. The molecular weight excluding hydrogens is 370 g/mol. The number of ether oxygens (including phenoxy) is 2. The largest absolute Gasteiger partial charge is 0.454 e. The van der Waals surface area contributed by atoms with Crippen LogP contribution < -0.4 is 9.47 Å². The summed E-state index contributed by atoms with van der Waals surface area (Å²) in [5.74, 6) is 0.303. The summed E-state index contributed by atoms with van der Waals surface area (Å²) in [5.41, 5.74) is 3.51. The van der Waals surface area contributed by atoms with E-state index in [1.807, 2.05) is 33.0 Å². The fourth-order valence-electron chi connectivity index (χ4n) is 3.04. The molecule has 1 aliphatic rings. The first-order valence-corrected chi connectivity index (χ1v) is 10.5. The summed E-state index contributed by atoms with van der Waals surface area (Å²) >= 11 is 0. The molecule has 146 valence electrons. The number of nitrogens with zero attached hydrogens (tertiary/aromatic N) is 3. The molecule has 9 heteroatoms. The lowest BCUT2D eigenvalue weighted by Crippen LogP contribution is -2.35. The zero-order chi connectivity index (χ0) is 19.8. The van der Waals surface area contributed by atoms with Gasteiger partial charge in [-0.15, -0.1) is 0 Å². The van der Waals surface area contributed by atoms with Crippen molar-refractivity contribution >= 4 is 15.7 Å². The number of carbonyl (C=O) groups is 1. The molecule has 1 amide bonds. The molecule has 0 saturated carbocycles. The van der Waals surface area contributed by atoms with E-state index in [1.165, 1.54) is 4.90 Å². The molecule has 0 aliphatic carbocycles. The third-order valence-corrected chi connectivity index (χ3v) is 5.33. The maximum absolute atomic E-state index is 12.7. The van der Waals surface area contributed by atoms with Crippen molar-refractivity contribution in [2.45, 2.75) is 26.9 Å². The van der Waals surface area contributed by atoms with Crippen molar-refractivity contribution in [2.75, 3.05) is 18.8 Å². The normalized spacial score (nSPS) is 13.0. The van der Waals surface area contributed by atoms with Crippen LogP contribution in [-0.2, 0) is 34.8 Å². The summed E-state index contributed by atoms with van der Waals surface area (Å²) in [6.45, 7) is 4.52. The fourth-order valence-corrected chi connectivity index (χ4v) is 3.68. The van der Waals surface area contributed by atoms with Gasteiger partial charge < -0.3 is 14.4 Å². The molecule has 0 radical (unpaired) electrons. The molecule has 8 nitrogen and oxygen atoms in total. The highest BCUT2D eigenvalue weighted by Gasteiger charge is 2.23. The van der Waals surface area contributed by atoms with E-state index in [9.17, 15) is 13.2 Å². The smallest absolute Gasteiger partial charge is 0.238 e. The van der Waals surface area contributed by atoms with Gasteiger partial charge in [-0.2, -0.15) is 5.10 Å². The monoisotopic (exact) mass is 393 g/mol. The van der Waals surface area contributed by atoms with Crippen LogP contribution in [0.2, 0.25) is 0 Å². The van der Waals surface area contributed by atoms with Crippen LogP contribution in [-0.4, -0.2) is 47.8 Å². The second-order valence-corrected chi connectivity index (χ2v) is 8.92. The Balaban J connectivity index is 1.88. The lowest BCUT2D eigenvalue weighted by Gasteiger charge is -2.23. The van der Waals surface area contributed by atoms with Gasteiger partial charge in [-0.3, -0.25) is 9.48 Å². The summed E-state index contributed by atoms with van der Waals surface area (Å²) in [4.78, 5) is 14.2. The molecule has 0 bridgehead atoms. The van der Waals surface area contributed by atoms with E-state index in [4.69, 9.17) is 9.47 Å². The third kappa shape index (κ3) is 4.41. The second-order valence-electron chi connectivity index (χ2n) is 6.78. The summed E-state index contributed by atoms with van der Waals surface area (Å²) in [6, 6.07) is 5.45. The van der Waals surface area contributed by atoms with Crippen LogP contribution in [0.25, 0.3) is 0 Å². The number of aromatic nitrogens is 2. The van der Waals surface area contributed by atoms with Gasteiger partial charge in [0.25, 0.3) is 0 Å². The lowest BCUT2D eigenvalue weighted by atomic mass is 10.1. The number of amides is 1. The summed E-state index contributed by atoms with van der Waals surface area (Å²) in [5, 5.41) is 4.38. The van der Waals surface area contributed by atoms with E-state index >= 15 is 0 Å². The van der Waals surface area contributed by atoms with Gasteiger partial charge in [-0.05, 0) is 31.5 Å². The molecule has 0 unspecified atom stereocenters. The van der Waals surface area contributed by atoms with Gasteiger partial charge in [-0.25, -0.2) is 8.42 Å². The van der Waals surface area contributed by atoms with Gasteiger partial charge in [0.1, 0.15) is 5.75 Å². The highest BCUT2D eigenvalue weighted by atomic mass is 32.2. The van der Waals surface area contributed by atoms with Crippen molar-refractivity contribution < 1.29 is 22.7 Å². The van der Waals surface area contributed by atoms with Gasteiger partial charge in [0.2, 0.25) is 12.7 Å². The molecule has 3 rings (SSSR count). The molecule has 1 aromatic heterocycles. The highest BCUT2D eigenvalue weighted by molar-refractivity contribution is 7.91. The summed E-state index contributed by atoms with van der Waals surface area (Å²) < 4.78 is 35.7. The first-order valence-electron chi connectivity index (χ1n) is 8.47. The Morgan fingerprint density at radius 1 is 1.22 bits per heavy atom. The van der Waals surface area contributed by atoms with Crippen molar-refractivity contribution in [3.63, 3.8) is 0 Å². The average molecular weight is 393 g/mol. The van der Waals surface area contributed by atoms with Crippen LogP contribution in [0.3, 0.4) is 0 Å². The van der Waals surface area contributed by atoms with Crippen LogP contribution >= 0.6 is 0 Å². The minimum atomic E-state index is -3.43. The zero-order valence-electron chi connectivity index (χ0n) is 15.9. The molecule has 2 heterocycles. The topological polar surface area (TPSA) is 90.7 Å². The number of aryl methyl sites for hydroxylation is 2. The van der Waals surface area contributed by atoms with Gasteiger partial charge >= 0.3 is 0 Å². The number of fused-ring (bicyclic) bond motifs is 1. The van der Waals surface area contributed by atoms with Crippen molar-refractivity contribution in [3.05, 3.63) is 40.7 Å². The molecule has 27 heavy (non-hydrogen) atoms. The minimum Gasteiger partial charge on any atom is -0.454 e. The van der Waals surface area contributed by atoms with E-state index in [2.05, 4.69) is 5.10 Å². The van der Waals surface area contributed by atoms with Crippen LogP contribution in [0, 0.1) is 13.8 Å². The molecule has 0 N–H and O–H groups in total. The number of hydrogen-bond donors (Lipinski definition) is 0. The van der Waals surface area contributed by atoms with E-state index in [-0.39, 0.29) is 19.9 Å². The molecule has 0 fully saturated rings. The molecule has 1 aromatic carbocycles. The summed E-state index contributed by atoms with van der Waals surface area (Å²) in [7, 11) is -1.59. The van der Waals surface area contributed by atoms with Crippen LogP contribution in [0.1, 0.15) is 22.5 Å². The Morgan fingerprint density at radius 3 is 2.56 bits per heavy atom. The third-order valence-electron chi connectivity index (χ3n) is 4.56. The van der Waals surface area contributed by atoms with Gasteiger partial charge in [0.15, 0.2) is 21.3 Å². The number of rotatable bonds is 6. The number of carbonyl (C=O) groups excluding carboxylic acids is 1. The Hall–Kier alpha value is -2.55. The molecular formula is C18H23N3O5S. The van der Waals surface area contributed by atoms with Gasteiger partial charge in [-0.1, -0.05) is 6.07 Å². The summed E-state index contributed by atoms with van der Waals surface area (Å²) in [6.07, 6.45) is 1.06. The maximum atomic E-state index is 12.7. The first-order chi connectivity index (χ1) is 12.6. The van der Waals surface area contributed by atoms with Crippen molar-refractivity contribution in [3.8, 4) is 11.5 Å². The quantitative estimate of drug-likeness (QED) is 0.736. The van der Waals surface area contributed by atoms with E-state index in [1.54, 1.807) is 10.7 Å². The Kier molecular flexibility index (Phi) is 5.14. The number of sulfone groups is 1. The van der Waals surface area contributed by atoms with Crippen LogP contribution in [0.4, 0.5) is 0 Å². The van der Waals surface area contributed by atoms with E-state index < -0.39 is 21.5 Å². The van der Waals surface area contributed by atoms with Crippen molar-refractivity contribution in [2.24, 2.45) is 7.05 Å². The molecule has 0 spiro atoms. The molecule has 0 saturated heterocycles. The van der Waals surface area contributed by atoms with Crippen LogP contribution in [0.15, 0.2) is 18.2 Å². The molecule has 2 aromatic rings. The van der Waals surface area contributed by atoms with Gasteiger partial charge in [0, 0.05) is 37.7 Å². The maximum Gasteiger partial charge on any atom is 0.238 e. The zero-order valence-corrected chi connectivity index (χ0v) is 16.7. The predicted octanol–water partition coefficient (Wildman–Crippen LogP) is 1.34. The predicted molar refractivity (Wildman–Crippen MR) is 99.2 cm³/mol. The number of benzene rings is 1. The van der Waals surface area contributed by atoms with E-state index in [0.29, 0.717) is 11.5 Å². The standard InChI is InChI=1S/C18H23N3O5S/c1-12-15(13(2)20(3)19-12)9-21(18(22)10-27(4,23)24)8-14-5-6-16-17(7-14)26-11-25-16/h5-7H,8-11H2,1-4H3. The second kappa shape index (κ2) is 7.22. The Morgan fingerprint density at radius 2 is 1.93 bits per heavy atom.